The van der Waals surface area contributed by atoms with Gasteiger partial charge in [0.2, 0.25) is 0 Å². The van der Waals surface area contributed by atoms with Gasteiger partial charge in [0.15, 0.2) is 0 Å². The first-order valence-electron chi connectivity index (χ1n) is 8.11. The summed E-state index contributed by atoms with van der Waals surface area (Å²) >= 11 is 0. The molecule has 0 spiro atoms. The van der Waals surface area contributed by atoms with Crippen LogP contribution in [0.5, 0.6) is 0 Å². The van der Waals surface area contributed by atoms with Crippen molar-refractivity contribution in [1.29, 1.82) is 0 Å². The zero-order valence-electron chi connectivity index (χ0n) is 12.3. The van der Waals surface area contributed by atoms with Crippen LogP contribution < -0.4 is 5.32 Å². The van der Waals surface area contributed by atoms with Crippen LogP contribution >= 0.6 is 0 Å². The molecule has 0 amide bonds. The maximum absolute atomic E-state index is 3.93. The first kappa shape index (κ1) is 12.9. The Hall–Kier alpha value is -0.0800. The first-order valence-corrected chi connectivity index (χ1v) is 8.11. The van der Waals surface area contributed by atoms with Crippen LogP contribution in [0.4, 0.5) is 0 Å². The number of hydrogen-bond donors (Lipinski definition) is 1. The van der Waals surface area contributed by atoms with Crippen molar-refractivity contribution in [3.8, 4) is 0 Å². The minimum absolute atomic E-state index is 0.545. The van der Waals surface area contributed by atoms with E-state index in [0.29, 0.717) is 5.41 Å². The lowest BCUT2D eigenvalue weighted by Crippen LogP contribution is -2.46. The van der Waals surface area contributed by atoms with E-state index in [1.165, 1.54) is 64.6 Å². The van der Waals surface area contributed by atoms with Gasteiger partial charge >= 0.3 is 0 Å². The average Bonchev–Trinajstić information content (AvgIpc) is 2.69. The van der Waals surface area contributed by atoms with Crippen LogP contribution in [0.1, 0.15) is 58.8 Å². The van der Waals surface area contributed by atoms with Crippen molar-refractivity contribution in [2.45, 2.75) is 70.9 Å². The number of nitrogens with one attached hydrogen (secondary N) is 1. The van der Waals surface area contributed by atoms with Crippen molar-refractivity contribution in [2.75, 3.05) is 19.6 Å². The third-order valence-electron chi connectivity index (χ3n) is 5.40. The zero-order valence-corrected chi connectivity index (χ0v) is 12.3. The van der Waals surface area contributed by atoms with Gasteiger partial charge in [0, 0.05) is 25.2 Å². The van der Waals surface area contributed by atoms with Crippen LogP contribution in [0.2, 0.25) is 0 Å². The highest BCUT2D eigenvalue weighted by Gasteiger charge is 2.36. The molecular weight excluding hydrogens is 220 g/mol. The Morgan fingerprint density at radius 3 is 2.78 bits per heavy atom. The van der Waals surface area contributed by atoms with E-state index in [9.17, 15) is 0 Å². The number of piperidine rings is 1. The van der Waals surface area contributed by atoms with Crippen LogP contribution in [0, 0.1) is 11.3 Å². The fraction of sp³-hybridized carbons (Fsp3) is 1.00. The lowest BCUT2D eigenvalue weighted by atomic mass is 9.83. The van der Waals surface area contributed by atoms with Gasteiger partial charge in [-0.2, -0.15) is 0 Å². The second-order valence-corrected chi connectivity index (χ2v) is 7.75. The maximum atomic E-state index is 3.93. The highest BCUT2D eigenvalue weighted by atomic mass is 15.2. The molecule has 2 heterocycles. The van der Waals surface area contributed by atoms with E-state index in [2.05, 4.69) is 24.1 Å². The van der Waals surface area contributed by atoms with Crippen molar-refractivity contribution in [1.82, 2.24) is 10.2 Å². The van der Waals surface area contributed by atoms with Gasteiger partial charge < -0.3 is 10.2 Å². The van der Waals surface area contributed by atoms with Crippen LogP contribution in [0.25, 0.3) is 0 Å². The van der Waals surface area contributed by atoms with Crippen molar-refractivity contribution < 1.29 is 0 Å². The van der Waals surface area contributed by atoms with Gasteiger partial charge in [-0.3, -0.25) is 0 Å². The Morgan fingerprint density at radius 2 is 2.00 bits per heavy atom. The molecule has 2 nitrogen and oxygen atoms in total. The normalized spacial score (nSPS) is 40.7. The minimum atomic E-state index is 0.545. The summed E-state index contributed by atoms with van der Waals surface area (Å²) in [4.78, 5) is 2.72. The summed E-state index contributed by atoms with van der Waals surface area (Å²) in [5.74, 6) is 1.00. The fourth-order valence-corrected chi connectivity index (χ4v) is 4.58. The van der Waals surface area contributed by atoms with Gasteiger partial charge in [-0.25, -0.2) is 0 Å². The van der Waals surface area contributed by atoms with E-state index in [4.69, 9.17) is 0 Å². The van der Waals surface area contributed by atoms with Crippen LogP contribution in [-0.2, 0) is 0 Å². The zero-order chi connectivity index (χ0) is 12.6. The summed E-state index contributed by atoms with van der Waals surface area (Å²) < 4.78 is 0. The summed E-state index contributed by atoms with van der Waals surface area (Å²) in [6.45, 7) is 8.80. The molecule has 3 aliphatic rings. The quantitative estimate of drug-likeness (QED) is 0.810. The van der Waals surface area contributed by atoms with Crippen molar-refractivity contribution in [2.24, 2.45) is 11.3 Å². The standard InChI is InChI=1S/C16H30N2/c1-16(2)8-5-9-18(12-16)11-14-10-13-6-3-4-7-15(13)17-14/h13-15,17H,3-12H2,1-2H3. The van der Waals surface area contributed by atoms with E-state index < -0.39 is 0 Å². The Kier molecular flexibility index (Phi) is 3.68. The number of likely N-dealkylation sites (tertiary alicyclic amines) is 1. The molecule has 1 aliphatic carbocycles. The van der Waals surface area contributed by atoms with Crippen LogP contribution in [-0.4, -0.2) is 36.6 Å². The second-order valence-electron chi connectivity index (χ2n) is 7.75. The molecule has 2 saturated heterocycles. The molecule has 3 atom stereocenters. The fourth-order valence-electron chi connectivity index (χ4n) is 4.58. The highest BCUT2D eigenvalue weighted by Crippen LogP contribution is 2.34. The van der Waals surface area contributed by atoms with Crippen molar-refractivity contribution >= 4 is 0 Å². The summed E-state index contributed by atoms with van der Waals surface area (Å²) in [5, 5.41) is 3.93. The minimum Gasteiger partial charge on any atom is -0.310 e. The number of nitrogens with zero attached hydrogens (tertiary/aromatic N) is 1. The first-order chi connectivity index (χ1) is 8.62. The largest absolute Gasteiger partial charge is 0.310 e. The molecule has 3 fully saturated rings. The average molecular weight is 250 g/mol. The molecule has 2 heteroatoms. The van der Waals surface area contributed by atoms with E-state index in [1.807, 2.05) is 0 Å². The van der Waals surface area contributed by atoms with Gasteiger partial charge in [-0.1, -0.05) is 26.7 Å². The monoisotopic (exact) mass is 250 g/mol. The maximum Gasteiger partial charge on any atom is 0.0200 e. The van der Waals surface area contributed by atoms with E-state index in [-0.39, 0.29) is 0 Å². The molecule has 1 N–H and O–H groups in total. The van der Waals surface area contributed by atoms with Gasteiger partial charge in [0.05, 0.1) is 0 Å². The smallest absolute Gasteiger partial charge is 0.0200 e. The number of fused-ring (bicyclic) bond motifs is 1. The highest BCUT2D eigenvalue weighted by molar-refractivity contribution is 4.94. The molecule has 0 bridgehead atoms. The van der Waals surface area contributed by atoms with E-state index in [1.54, 1.807) is 0 Å². The molecule has 3 rings (SSSR count). The predicted octanol–water partition coefficient (Wildman–Crippen LogP) is 3.03. The number of hydrogen-bond acceptors (Lipinski definition) is 2. The van der Waals surface area contributed by atoms with E-state index >= 15 is 0 Å². The second kappa shape index (κ2) is 5.13. The third-order valence-corrected chi connectivity index (χ3v) is 5.40. The van der Waals surface area contributed by atoms with Gasteiger partial charge in [0.1, 0.15) is 0 Å². The summed E-state index contributed by atoms with van der Waals surface area (Å²) in [7, 11) is 0. The molecule has 0 radical (unpaired) electrons. The molecule has 1 saturated carbocycles. The third kappa shape index (κ3) is 2.91. The van der Waals surface area contributed by atoms with Gasteiger partial charge in [0.25, 0.3) is 0 Å². The molecule has 3 unspecified atom stereocenters. The Bertz CT molecular complexity index is 273. The molecule has 0 aromatic carbocycles. The van der Waals surface area contributed by atoms with Crippen molar-refractivity contribution in [3.05, 3.63) is 0 Å². The molecule has 2 aliphatic heterocycles. The van der Waals surface area contributed by atoms with Gasteiger partial charge in [-0.05, 0) is 50.0 Å². The van der Waals surface area contributed by atoms with Crippen LogP contribution in [0.3, 0.4) is 0 Å². The molecule has 104 valence electrons. The van der Waals surface area contributed by atoms with Crippen LogP contribution in [0.15, 0.2) is 0 Å². The van der Waals surface area contributed by atoms with Gasteiger partial charge in [-0.15, -0.1) is 0 Å². The molecule has 18 heavy (non-hydrogen) atoms. The Balaban J connectivity index is 1.51. The topological polar surface area (TPSA) is 15.3 Å². The Morgan fingerprint density at radius 1 is 1.17 bits per heavy atom. The molecular formula is C16H30N2. The number of rotatable bonds is 2. The SMILES string of the molecule is CC1(C)CCCN(CC2CC3CCCCC3N2)C1. The summed E-state index contributed by atoms with van der Waals surface area (Å²) in [6.07, 6.45) is 10.1. The van der Waals surface area contributed by atoms with E-state index in [0.717, 1.165) is 18.0 Å². The lowest BCUT2D eigenvalue weighted by Gasteiger charge is -2.39. The Labute approximate surface area is 113 Å². The molecule has 0 aromatic heterocycles. The lowest BCUT2D eigenvalue weighted by molar-refractivity contribution is 0.109. The summed E-state index contributed by atoms with van der Waals surface area (Å²) in [5.41, 5.74) is 0.545. The van der Waals surface area contributed by atoms with Crippen molar-refractivity contribution in [3.63, 3.8) is 0 Å². The molecule has 0 aromatic rings. The predicted molar refractivity (Wildman–Crippen MR) is 76.7 cm³/mol. The summed E-state index contributed by atoms with van der Waals surface area (Å²) in [6, 6.07) is 1.65.